The van der Waals surface area contributed by atoms with Crippen molar-refractivity contribution in [1.82, 2.24) is 9.88 Å². The number of pyridine rings is 1. The summed E-state index contributed by atoms with van der Waals surface area (Å²) in [7, 11) is 0. The molecule has 1 N–H and O–H groups in total. The molecule has 2 aromatic rings. The van der Waals surface area contributed by atoms with Gasteiger partial charge in [0.15, 0.2) is 0 Å². The maximum Gasteiger partial charge on any atom is 0.0747 e. The third kappa shape index (κ3) is 3.37. The maximum absolute atomic E-state index is 9.03. The van der Waals surface area contributed by atoms with Gasteiger partial charge in [0.2, 0.25) is 0 Å². The van der Waals surface area contributed by atoms with Gasteiger partial charge in [-0.25, -0.2) is 0 Å². The second-order valence-electron chi connectivity index (χ2n) is 5.77. The number of likely N-dealkylation sites (tertiary alicyclic amines) is 1. The van der Waals surface area contributed by atoms with Gasteiger partial charge in [0.1, 0.15) is 0 Å². The smallest absolute Gasteiger partial charge is 0.0747 e. The van der Waals surface area contributed by atoms with Crippen molar-refractivity contribution in [3.05, 3.63) is 41.0 Å². The molecule has 0 aliphatic carbocycles. The fourth-order valence-corrected chi connectivity index (χ4v) is 3.57. The van der Waals surface area contributed by atoms with Crippen LogP contribution in [0.3, 0.4) is 0 Å². The molecule has 4 heteroatoms. The Morgan fingerprint density at radius 2 is 2.29 bits per heavy atom. The molecule has 1 saturated heterocycles. The first-order valence-corrected chi connectivity index (χ1v) is 8.04. The maximum atomic E-state index is 9.03. The minimum atomic E-state index is 0.284. The fraction of sp³-hybridized carbons (Fsp3) is 0.471. The highest BCUT2D eigenvalue weighted by Crippen LogP contribution is 2.28. The first-order chi connectivity index (χ1) is 10.3. The van der Waals surface area contributed by atoms with Crippen molar-refractivity contribution in [3.63, 3.8) is 0 Å². The van der Waals surface area contributed by atoms with E-state index in [0.29, 0.717) is 6.04 Å². The van der Waals surface area contributed by atoms with E-state index in [2.05, 4.69) is 16.0 Å². The summed E-state index contributed by atoms with van der Waals surface area (Å²) in [5.41, 5.74) is 2.25. The lowest BCUT2D eigenvalue weighted by atomic mass is 10.1. The standard InChI is InChI=1S/C17H21ClN2O/c18-15-10-13-4-1-7-19-17(13)14(11-15)12-20-8-2-5-16(20)6-3-9-21/h1,4,7,10-11,16,21H,2-3,5-6,8-9,12H2. The summed E-state index contributed by atoms with van der Waals surface area (Å²) in [6.07, 6.45) is 6.26. The highest BCUT2D eigenvalue weighted by Gasteiger charge is 2.24. The molecule has 1 unspecified atom stereocenters. The Hall–Kier alpha value is -1.16. The van der Waals surface area contributed by atoms with Crippen LogP contribution in [0.1, 0.15) is 31.2 Å². The average Bonchev–Trinajstić information content (AvgIpc) is 2.92. The summed E-state index contributed by atoms with van der Waals surface area (Å²) >= 11 is 6.25. The second kappa shape index (κ2) is 6.73. The van der Waals surface area contributed by atoms with Crippen molar-refractivity contribution in [1.29, 1.82) is 0 Å². The summed E-state index contributed by atoms with van der Waals surface area (Å²) in [6, 6.07) is 8.60. The van der Waals surface area contributed by atoms with Crippen molar-refractivity contribution in [3.8, 4) is 0 Å². The molecule has 112 valence electrons. The van der Waals surface area contributed by atoms with Crippen molar-refractivity contribution in [2.24, 2.45) is 0 Å². The molecule has 1 fully saturated rings. The van der Waals surface area contributed by atoms with Crippen LogP contribution in [0.4, 0.5) is 0 Å². The van der Waals surface area contributed by atoms with Crippen LogP contribution in [0.5, 0.6) is 0 Å². The van der Waals surface area contributed by atoms with Crippen LogP contribution in [-0.2, 0) is 6.54 Å². The Balaban J connectivity index is 1.84. The van der Waals surface area contributed by atoms with Gasteiger partial charge >= 0.3 is 0 Å². The Morgan fingerprint density at radius 3 is 3.14 bits per heavy atom. The summed E-state index contributed by atoms with van der Waals surface area (Å²) in [6.45, 7) is 2.30. The van der Waals surface area contributed by atoms with E-state index in [1.807, 2.05) is 24.4 Å². The van der Waals surface area contributed by atoms with Crippen LogP contribution >= 0.6 is 11.6 Å². The predicted octanol–water partition coefficient (Wildman–Crippen LogP) is 3.63. The van der Waals surface area contributed by atoms with Crippen molar-refractivity contribution >= 4 is 22.5 Å². The van der Waals surface area contributed by atoms with Crippen LogP contribution in [0, 0.1) is 0 Å². The second-order valence-corrected chi connectivity index (χ2v) is 6.21. The Morgan fingerprint density at radius 1 is 1.38 bits per heavy atom. The quantitative estimate of drug-likeness (QED) is 0.916. The zero-order valence-corrected chi connectivity index (χ0v) is 12.9. The minimum absolute atomic E-state index is 0.284. The lowest BCUT2D eigenvalue weighted by molar-refractivity contribution is 0.210. The van der Waals surface area contributed by atoms with Crippen molar-refractivity contribution in [2.75, 3.05) is 13.2 Å². The van der Waals surface area contributed by atoms with Crippen LogP contribution in [0.15, 0.2) is 30.5 Å². The number of hydrogen-bond donors (Lipinski definition) is 1. The van der Waals surface area contributed by atoms with Crippen LogP contribution in [0.2, 0.25) is 5.02 Å². The van der Waals surface area contributed by atoms with Crippen molar-refractivity contribution in [2.45, 2.75) is 38.3 Å². The summed E-state index contributed by atoms with van der Waals surface area (Å²) in [4.78, 5) is 7.04. The first-order valence-electron chi connectivity index (χ1n) is 7.66. The molecule has 1 aliphatic rings. The van der Waals surface area contributed by atoms with Crippen LogP contribution in [0.25, 0.3) is 10.9 Å². The molecular weight excluding hydrogens is 284 g/mol. The molecule has 0 bridgehead atoms. The molecule has 3 rings (SSSR count). The van der Waals surface area contributed by atoms with Gasteiger partial charge in [-0.1, -0.05) is 17.7 Å². The first kappa shape index (κ1) is 14.8. The average molecular weight is 305 g/mol. The number of aliphatic hydroxyl groups excluding tert-OH is 1. The lowest BCUT2D eigenvalue weighted by Gasteiger charge is -2.24. The molecule has 1 aromatic heterocycles. The zero-order chi connectivity index (χ0) is 14.7. The molecule has 2 heterocycles. The topological polar surface area (TPSA) is 36.4 Å². The van der Waals surface area contributed by atoms with E-state index in [-0.39, 0.29) is 6.61 Å². The molecule has 21 heavy (non-hydrogen) atoms. The summed E-state index contributed by atoms with van der Waals surface area (Å²) in [5, 5.41) is 10.9. The number of rotatable bonds is 5. The predicted molar refractivity (Wildman–Crippen MR) is 86.5 cm³/mol. The zero-order valence-electron chi connectivity index (χ0n) is 12.1. The number of fused-ring (bicyclic) bond motifs is 1. The van der Waals surface area contributed by atoms with E-state index >= 15 is 0 Å². The molecule has 0 amide bonds. The minimum Gasteiger partial charge on any atom is -0.396 e. The van der Waals surface area contributed by atoms with E-state index in [4.69, 9.17) is 16.7 Å². The summed E-state index contributed by atoms with van der Waals surface area (Å²) < 4.78 is 0. The van der Waals surface area contributed by atoms with E-state index in [1.54, 1.807) is 0 Å². The number of benzene rings is 1. The highest BCUT2D eigenvalue weighted by molar-refractivity contribution is 6.31. The van der Waals surface area contributed by atoms with E-state index in [9.17, 15) is 0 Å². The molecule has 0 saturated carbocycles. The molecule has 1 aliphatic heterocycles. The van der Waals surface area contributed by atoms with Gasteiger partial charge in [-0.15, -0.1) is 0 Å². The summed E-state index contributed by atoms with van der Waals surface area (Å²) in [5.74, 6) is 0. The monoisotopic (exact) mass is 304 g/mol. The van der Waals surface area contributed by atoms with Gasteiger partial charge < -0.3 is 5.11 Å². The largest absolute Gasteiger partial charge is 0.396 e. The van der Waals surface area contributed by atoms with Crippen LogP contribution < -0.4 is 0 Å². The number of nitrogens with zero attached hydrogens (tertiary/aromatic N) is 2. The molecule has 1 aromatic carbocycles. The Kier molecular flexibility index (Phi) is 4.73. The highest BCUT2D eigenvalue weighted by atomic mass is 35.5. The molecule has 3 nitrogen and oxygen atoms in total. The van der Waals surface area contributed by atoms with E-state index in [0.717, 1.165) is 41.9 Å². The normalized spacial score (nSPS) is 19.4. The molecule has 0 spiro atoms. The molecular formula is C17H21ClN2O. The lowest BCUT2D eigenvalue weighted by Crippen LogP contribution is -2.29. The van der Waals surface area contributed by atoms with Gasteiger partial charge in [-0.05, 0) is 56.0 Å². The van der Waals surface area contributed by atoms with Gasteiger partial charge in [-0.3, -0.25) is 9.88 Å². The van der Waals surface area contributed by atoms with Crippen molar-refractivity contribution < 1.29 is 5.11 Å². The van der Waals surface area contributed by atoms with Gasteiger partial charge in [0, 0.05) is 35.8 Å². The van der Waals surface area contributed by atoms with Gasteiger partial charge in [0.05, 0.1) is 5.52 Å². The number of hydrogen-bond acceptors (Lipinski definition) is 3. The molecule has 0 radical (unpaired) electrons. The van der Waals surface area contributed by atoms with E-state index < -0.39 is 0 Å². The molecule has 1 atom stereocenters. The van der Waals surface area contributed by atoms with E-state index in [1.165, 1.54) is 18.4 Å². The number of halogens is 1. The fourth-order valence-electron chi connectivity index (χ4n) is 3.32. The van der Waals surface area contributed by atoms with Gasteiger partial charge in [-0.2, -0.15) is 0 Å². The third-order valence-electron chi connectivity index (χ3n) is 4.32. The number of aromatic nitrogens is 1. The van der Waals surface area contributed by atoms with Gasteiger partial charge in [0.25, 0.3) is 0 Å². The SMILES string of the molecule is OCCCC1CCCN1Cc1cc(Cl)cc2cccnc12. The third-order valence-corrected chi connectivity index (χ3v) is 4.53. The number of aliphatic hydroxyl groups is 1. The Labute approximate surface area is 130 Å². The van der Waals surface area contributed by atoms with Crippen LogP contribution in [-0.4, -0.2) is 34.2 Å². The Bertz CT molecular complexity index is 617.